The van der Waals surface area contributed by atoms with Gasteiger partial charge >= 0.3 is 13.6 Å². The van der Waals surface area contributed by atoms with Crippen LogP contribution in [0.4, 0.5) is 0 Å². The molecule has 2 unspecified atom stereocenters. The number of para-hydroxylation sites is 2. The molecule has 0 bridgehead atoms. The molecule has 0 N–H and O–H groups in total. The van der Waals surface area contributed by atoms with E-state index in [0.717, 1.165) is 0 Å². The summed E-state index contributed by atoms with van der Waals surface area (Å²) in [4.78, 5) is 0. The summed E-state index contributed by atoms with van der Waals surface area (Å²) in [7, 11) is 0. The highest BCUT2D eigenvalue weighted by Crippen LogP contribution is 2.86. The molecule has 28 heavy (non-hydrogen) atoms. The fourth-order valence-corrected chi connectivity index (χ4v) is 22.9. The van der Waals surface area contributed by atoms with Crippen LogP contribution in [-0.4, -0.2) is 0 Å². The van der Waals surface area contributed by atoms with E-state index in [2.05, 4.69) is 18.1 Å². The lowest BCUT2D eigenvalue weighted by molar-refractivity contribution is 0.608. The fourth-order valence-electron chi connectivity index (χ4n) is 1.91. The Morgan fingerprint density at radius 3 is 1.36 bits per heavy atom. The van der Waals surface area contributed by atoms with Crippen molar-refractivity contribution in [2.24, 2.45) is 18.1 Å². The molecule has 2 atom stereocenters. The van der Waals surface area contributed by atoms with Crippen molar-refractivity contribution >= 4 is 92.8 Å². The molecule has 152 valence electrons. The van der Waals surface area contributed by atoms with Gasteiger partial charge in [-0.15, -0.1) is 4.52 Å². The molecule has 0 saturated carbocycles. The van der Waals surface area contributed by atoms with E-state index >= 15 is 0 Å². The predicted molar refractivity (Wildman–Crippen MR) is 127 cm³/mol. The van der Waals surface area contributed by atoms with Gasteiger partial charge in [0.05, 0.1) is 0 Å². The third kappa shape index (κ3) is 6.86. The molecule has 0 spiro atoms. The smallest absolute Gasteiger partial charge is 0.352 e. The molecule has 3 rings (SSSR count). The Hall–Kier alpha value is 0.700. The summed E-state index contributed by atoms with van der Waals surface area (Å²) in [5, 5.41) is 0. The maximum absolute atomic E-state index is 6.60. The summed E-state index contributed by atoms with van der Waals surface area (Å²) in [6, 6.07) is 17.3. The molecule has 0 fully saturated rings. The minimum Gasteiger partial charge on any atom is -0.431 e. The molecule has 2 aromatic rings. The van der Waals surface area contributed by atoms with Gasteiger partial charge in [0.25, 0.3) is 11.8 Å². The van der Waals surface area contributed by atoms with E-state index < -0.39 is 25.4 Å². The molecule has 0 amide bonds. The minimum atomic E-state index is -3.58. The second-order valence-corrected chi connectivity index (χ2v) is 21.3. The van der Waals surface area contributed by atoms with Crippen LogP contribution in [0.2, 0.25) is 0 Å². The maximum atomic E-state index is 6.60. The van der Waals surface area contributed by atoms with E-state index in [9.17, 15) is 0 Å². The van der Waals surface area contributed by atoms with Crippen molar-refractivity contribution < 1.29 is 9.05 Å². The Morgan fingerprint density at radius 2 is 0.893 bits per heavy atom. The van der Waals surface area contributed by atoms with Gasteiger partial charge in [0.15, 0.2) is 0 Å². The Balaban J connectivity index is 2.19. The van der Waals surface area contributed by atoms with E-state index in [4.69, 9.17) is 76.5 Å². The zero-order valence-electron chi connectivity index (χ0n) is 13.4. The Labute approximate surface area is 191 Å². The molecule has 0 saturated heterocycles. The number of nitrogens with zero attached hydrogens (tertiary/aromatic N) is 4. The number of halogens is 6. The molecular weight excluding hydrogens is 569 g/mol. The van der Waals surface area contributed by atoms with E-state index in [-0.39, 0.29) is 0 Å². The molecule has 0 radical (unpaired) electrons. The standard InChI is InChI=1S/C12H10Cl6N4O2P4/c13-25(14)19-26(15,16)21-28(18,24-12-9-5-2-6-10-12)22-27(17,20-25)23-11-7-3-1-4-8-11/h1-10H. The van der Waals surface area contributed by atoms with Gasteiger partial charge in [-0.05, 0) is 91.7 Å². The number of rotatable bonds is 4. The van der Waals surface area contributed by atoms with Crippen molar-refractivity contribution in [1.82, 2.24) is 0 Å². The first kappa shape index (κ1) is 23.4. The lowest BCUT2D eigenvalue weighted by atomic mass is 10.3. The molecule has 1 aliphatic rings. The lowest BCUT2D eigenvalue weighted by Gasteiger charge is -2.23. The molecule has 2 aromatic carbocycles. The monoisotopic (exact) mass is 576 g/mol. The molecule has 1 aliphatic heterocycles. The van der Waals surface area contributed by atoms with Crippen LogP contribution in [0.5, 0.6) is 11.5 Å². The quantitative estimate of drug-likeness (QED) is 0.339. The maximum Gasteiger partial charge on any atom is 0.352 e. The molecule has 1 heterocycles. The number of benzene rings is 2. The Bertz CT molecular complexity index is 1030. The number of hydrogen-bond acceptors (Lipinski definition) is 6. The molecule has 0 aliphatic carbocycles. The molecule has 16 heteroatoms. The summed E-state index contributed by atoms with van der Waals surface area (Å²) >= 11 is 38.0. The SMILES string of the molecule is ClP1(Cl)=NP(Cl)(Cl)=NP(Cl)(Oc2ccccc2)=NP(Cl)(Oc2ccccc2)=N1. The zero-order valence-corrected chi connectivity index (χ0v) is 21.5. The molecular formula is C12H10Cl6N4O2P4. The first-order valence-electron chi connectivity index (χ1n) is 7.21. The van der Waals surface area contributed by atoms with Gasteiger partial charge in [-0.3, -0.25) is 0 Å². The van der Waals surface area contributed by atoms with Crippen molar-refractivity contribution in [2.75, 3.05) is 0 Å². The van der Waals surface area contributed by atoms with Gasteiger partial charge < -0.3 is 9.05 Å². The second-order valence-electron chi connectivity index (χ2n) is 5.02. The fraction of sp³-hybridized carbons (Fsp3) is 0. The van der Waals surface area contributed by atoms with Gasteiger partial charge in [0, 0.05) is 0 Å². The highest BCUT2D eigenvalue weighted by Gasteiger charge is 2.36. The van der Waals surface area contributed by atoms with Gasteiger partial charge in [0.1, 0.15) is 11.5 Å². The third-order valence-corrected chi connectivity index (χ3v) is 18.4. The highest BCUT2D eigenvalue weighted by molar-refractivity contribution is 8.21. The van der Waals surface area contributed by atoms with E-state index in [1.54, 1.807) is 60.7 Å². The van der Waals surface area contributed by atoms with Crippen LogP contribution < -0.4 is 9.05 Å². The van der Waals surface area contributed by atoms with Crippen LogP contribution in [0.3, 0.4) is 0 Å². The van der Waals surface area contributed by atoms with Crippen LogP contribution in [-0.2, 0) is 0 Å². The van der Waals surface area contributed by atoms with Gasteiger partial charge in [0.2, 0.25) is 0 Å². The second kappa shape index (κ2) is 9.05. The van der Waals surface area contributed by atoms with Crippen molar-refractivity contribution in [2.45, 2.75) is 0 Å². The Kier molecular flexibility index (Phi) is 7.56. The van der Waals surface area contributed by atoms with Crippen molar-refractivity contribution in [3.05, 3.63) is 60.7 Å². The van der Waals surface area contributed by atoms with Crippen LogP contribution >= 0.6 is 92.8 Å². The molecule has 0 aromatic heterocycles. The summed E-state index contributed by atoms with van der Waals surface area (Å²) < 4.78 is 28.2. The largest absolute Gasteiger partial charge is 0.431 e. The summed E-state index contributed by atoms with van der Waals surface area (Å²) in [5.74, 6) is -6.11. The van der Waals surface area contributed by atoms with Gasteiger partial charge in [-0.1, -0.05) is 36.4 Å². The van der Waals surface area contributed by atoms with Crippen LogP contribution in [0.25, 0.3) is 0 Å². The van der Waals surface area contributed by atoms with Crippen LogP contribution in [0.1, 0.15) is 0 Å². The average molecular weight is 579 g/mol. The van der Waals surface area contributed by atoms with Crippen molar-refractivity contribution in [3.63, 3.8) is 0 Å². The number of hydrogen-bond donors (Lipinski definition) is 0. The topological polar surface area (TPSA) is 67.9 Å². The summed E-state index contributed by atoms with van der Waals surface area (Å²) in [6.07, 6.45) is 0. The first-order chi connectivity index (χ1) is 13.0. The minimum absolute atomic E-state index is 0.382. The molecule has 6 nitrogen and oxygen atoms in total. The normalized spacial score (nSPS) is 28.2. The van der Waals surface area contributed by atoms with E-state index in [1.807, 2.05) is 0 Å². The first-order valence-corrected chi connectivity index (χ1v) is 19.3. The van der Waals surface area contributed by atoms with Gasteiger partial charge in [-0.2, -0.15) is 13.5 Å². The summed E-state index contributed by atoms with van der Waals surface area (Å²) in [5.41, 5.74) is 0. The lowest BCUT2D eigenvalue weighted by Crippen LogP contribution is -1.89. The van der Waals surface area contributed by atoms with Crippen molar-refractivity contribution in [3.8, 4) is 11.5 Å². The average Bonchev–Trinajstić information content (AvgIpc) is 2.52. The van der Waals surface area contributed by atoms with Crippen LogP contribution in [0, 0.1) is 0 Å². The van der Waals surface area contributed by atoms with Crippen molar-refractivity contribution in [1.29, 1.82) is 0 Å². The van der Waals surface area contributed by atoms with E-state index in [0.29, 0.717) is 11.5 Å². The van der Waals surface area contributed by atoms with E-state index in [1.165, 1.54) is 0 Å². The van der Waals surface area contributed by atoms with Crippen LogP contribution in [0.15, 0.2) is 78.7 Å². The predicted octanol–water partition coefficient (Wildman–Crippen LogP) is 11.4. The highest BCUT2D eigenvalue weighted by atomic mass is 35.9. The van der Waals surface area contributed by atoms with Gasteiger partial charge in [-0.25, -0.2) is 0 Å². The zero-order chi connectivity index (χ0) is 20.5. The summed E-state index contributed by atoms with van der Waals surface area (Å²) in [6.45, 7) is -7.16. The third-order valence-electron chi connectivity index (χ3n) is 2.80. The Morgan fingerprint density at radius 1 is 0.500 bits per heavy atom.